The Balaban J connectivity index is 0. The van der Waals surface area contributed by atoms with Crippen molar-refractivity contribution in [1.82, 2.24) is 5.32 Å². The Labute approximate surface area is 87.8 Å². The zero-order valence-electron chi connectivity index (χ0n) is 6.20. The summed E-state index contributed by atoms with van der Waals surface area (Å²) in [6, 6.07) is 0. The minimum Gasteiger partial charge on any atom is -0.356 e. The molecule has 12 heavy (non-hydrogen) atoms. The molecule has 0 rings (SSSR count). The van der Waals surface area contributed by atoms with Crippen LogP contribution in [-0.2, 0) is 14.9 Å². The number of carbonyl (C=O) groups excluding carboxylic acids is 1. The Kier molecular flexibility index (Phi) is 8.11. The summed E-state index contributed by atoms with van der Waals surface area (Å²) in [6.07, 6.45) is 0.235. The molecule has 0 atom stereocenters. The fourth-order valence-corrected chi connectivity index (χ4v) is 1.03. The molecule has 0 unspecified atom stereocenters. The third kappa shape index (κ3) is 12.8. The highest BCUT2D eigenvalue weighted by Gasteiger charge is 2.02. The quantitative estimate of drug-likeness (QED) is 0.333. The first kappa shape index (κ1) is 14.7. The summed E-state index contributed by atoms with van der Waals surface area (Å²) in [7, 11) is -3.87. The van der Waals surface area contributed by atoms with Crippen molar-refractivity contribution in [2.75, 3.05) is 12.3 Å². The fourth-order valence-electron chi connectivity index (χ4n) is 0.519. The Morgan fingerprint density at radius 2 is 2.00 bits per heavy atom. The highest BCUT2D eigenvalue weighted by molar-refractivity contribution is 7.85. The van der Waals surface area contributed by atoms with Crippen LogP contribution in [0.2, 0.25) is 0 Å². The van der Waals surface area contributed by atoms with Crippen molar-refractivity contribution in [1.29, 1.82) is 0 Å². The maximum atomic E-state index is 10.2. The summed E-state index contributed by atoms with van der Waals surface area (Å²) in [5, 5.41) is 2.40. The minimum absolute atomic E-state index is 0. The van der Waals surface area contributed by atoms with Gasteiger partial charge in [-0.3, -0.25) is 9.35 Å². The largest absolute Gasteiger partial charge is 0.356 e. The number of rotatable bonds is 4. The zero-order valence-corrected chi connectivity index (χ0v) is 7.02. The monoisotopic (exact) mass is 207 g/mol. The van der Waals surface area contributed by atoms with Crippen molar-refractivity contribution < 1.29 is 17.8 Å². The molecule has 0 spiro atoms. The first-order chi connectivity index (χ1) is 4.92. The van der Waals surface area contributed by atoms with Crippen molar-refractivity contribution in [2.24, 2.45) is 0 Å². The van der Waals surface area contributed by atoms with Crippen LogP contribution in [0, 0.1) is 0 Å². The lowest BCUT2D eigenvalue weighted by Crippen LogP contribution is -2.22. The van der Waals surface area contributed by atoms with E-state index in [1.165, 1.54) is 6.92 Å². The lowest BCUT2D eigenvalue weighted by molar-refractivity contribution is -0.118. The van der Waals surface area contributed by atoms with Crippen molar-refractivity contribution in [3.8, 4) is 0 Å². The summed E-state index contributed by atoms with van der Waals surface area (Å²) in [4.78, 5) is 10.2. The SMILES string of the molecule is CC(=O)NCCCS(=O)(=O)O.[MgH2]. The van der Waals surface area contributed by atoms with Gasteiger partial charge in [0.1, 0.15) is 0 Å². The number of hydrogen-bond donors (Lipinski definition) is 2. The molecule has 0 radical (unpaired) electrons. The Hall–Kier alpha value is 0.146. The van der Waals surface area contributed by atoms with E-state index in [9.17, 15) is 13.2 Å². The van der Waals surface area contributed by atoms with Crippen LogP contribution in [0.3, 0.4) is 0 Å². The third-order valence-electron chi connectivity index (χ3n) is 0.953. The molecule has 0 aromatic carbocycles. The molecule has 2 N–H and O–H groups in total. The first-order valence-electron chi connectivity index (χ1n) is 3.11. The molecule has 0 aliphatic heterocycles. The van der Waals surface area contributed by atoms with Gasteiger partial charge in [0.25, 0.3) is 10.1 Å². The van der Waals surface area contributed by atoms with E-state index in [1.807, 2.05) is 0 Å². The maximum absolute atomic E-state index is 10.2. The molecule has 0 heterocycles. The van der Waals surface area contributed by atoms with Gasteiger partial charge in [0, 0.05) is 13.5 Å². The predicted octanol–water partition coefficient (Wildman–Crippen LogP) is -1.52. The lowest BCUT2D eigenvalue weighted by Gasteiger charge is -1.98. The Morgan fingerprint density at radius 3 is 2.33 bits per heavy atom. The molecule has 0 aromatic rings. The van der Waals surface area contributed by atoms with Crippen LogP contribution in [0.5, 0.6) is 0 Å². The molecular formula is C5H13MgNO4S. The van der Waals surface area contributed by atoms with E-state index in [0.29, 0.717) is 0 Å². The second-order valence-electron chi connectivity index (χ2n) is 2.12. The van der Waals surface area contributed by atoms with E-state index in [0.717, 1.165) is 0 Å². The van der Waals surface area contributed by atoms with Gasteiger partial charge in [-0.15, -0.1) is 0 Å². The molecule has 5 nitrogen and oxygen atoms in total. The van der Waals surface area contributed by atoms with Gasteiger partial charge < -0.3 is 5.32 Å². The average Bonchev–Trinajstić information content (AvgIpc) is 1.78. The topological polar surface area (TPSA) is 83.5 Å². The Morgan fingerprint density at radius 1 is 1.50 bits per heavy atom. The summed E-state index contributed by atoms with van der Waals surface area (Å²) in [5.74, 6) is -0.520. The van der Waals surface area contributed by atoms with E-state index in [-0.39, 0.29) is 47.7 Å². The molecule has 7 heteroatoms. The molecule has 0 aliphatic carbocycles. The number of hydrogen-bond acceptors (Lipinski definition) is 3. The van der Waals surface area contributed by atoms with Gasteiger partial charge in [-0.2, -0.15) is 8.42 Å². The summed E-state index contributed by atoms with van der Waals surface area (Å²) < 4.78 is 28.5. The predicted molar refractivity (Wildman–Crippen MR) is 48.3 cm³/mol. The van der Waals surface area contributed by atoms with Crippen molar-refractivity contribution in [3.05, 3.63) is 0 Å². The molecule has 0 saturated carbocycles. The highest BCUT2D eigenvalue weighted by Crippen LogP contribution is 1.85. The smallest absolute Gasteiger partial charge is 0.316 e. The van der Waals surface area contributed by atoms with Crippen LogP contribution in [0.25, 0.3) is 0 Å². The lowest BCUT2D eigenvalue weighted by atomic mass is 10.5. The van der Waals surface area contributed by atoms with Crippen LogP contribution in [0.1, 0.15) is 13.3 Å². The normalized spacial score (nSPS) is 10.2. The van der Waals surface area contributed by atoms with Gasteiger partial charge in [-0.05, 0) is 6.42 Å². The van der Waals surface area contributed by atoms with E-state index < -0.39 is 10.1 Å². The second-order valence-corrected chi connectivity index (χ2v) is 3.69. The van der Waals surface area contributed by atoms with E-state index in [2.05, 4.69) is 5.32 Å². The zero-order chi connectivity index (χ0) is 8.91. The van der Waals surface area contributed by atoms with Crippen LogP contribution in [0.4, 0.5) is 0 Å². The first-order valence-corrected chi connectivity index (χ1v) is 4.72. The maximum Gasteiger partial charge on any atom is 0.316 e. The molecule has 0 aliphatic rings. The van der Waals surface area contributed by atoms with Crippen molar-refractivity contribution in [2.45, 2.75) is 13.3 Å². The molecule has 0 bridgehead atoms. The molecule has 0 saturated heterocycles. The highest BCUT2D eigenvalue weighted by atomic mass is 32.2. The summed E-state index contributed by atoms with van der Waals surface area (Å²) in [6.45, 7) is 1.61. The van der Waals surface area contributed by atoms with E-state index in [1.54, 1.807) is 0 Å². The molecule has 70 valence electrons. The molecule has 1 amide bonds. The van der Waals surface area contributed by atoms with Crippen LogP contribution in [-0.4, -0.2) is 54.2 Å². The second kappa shape index (κ2) is 6.64. The van der Waals surface area contributed by atoms with Crippen LogP contribution < -0.4 is 5.32 Å². The van der Waals surface area contributed by atoms with Gasteiger partial charge in [-0.25, -0.2) is 0 Å². The van der Waals surface area contributed by atoms with Crippen LogP contribution in [0.15, 0.2) is 0 Å². The Bertz CT molecular complexity index is 226. The molecular weight excluding hydrogens is 194 g/mol. The number of amides is 1. The standard InChI is InChI=1S/C5H11NO4S.Mg.2H/c1-5(7)6-3-2-4-11(8,9)10;;;/h2-4H2,1H3,(H,6,7)(H,8,9,10);;;. The van der Waals surface area contributed by atoms with Gasteiger partial charge in [-0.1, -0.05) is 0 Å². The van der Waals surface area contributed by atoms with E-state index in [4.69, 9.17) is 4.55 Å². The molecule has 0 fully saturated rings. The summed E-state index contributed by atoms with van der Waals surface area (Å²) in [5.41, 5.74) is 0. The average molecular weight is 208 g/mol. The number of carbonyl (C=O) groups is 1. The van der Waals surface area contributed by atoms with Gasteiger partial charge in [0.05, 0.1) is 5.75 Å². The van der Waals surface area contributed by atoms with E-state index >= 15 is 0 Å². The minimum atomic E-state index is -3.87. The van der Waals surface area contributed by atoms with Gasteiger partial charge in [0.2, 0.25) is 5.91 Å². The third-order valence-corrected chi connectivity index (χ3v) is 1.76. The van der Waals surface area contributed by atoms with Gasteiger partial charge >= 0.3 is 23.1 Å². The fraction of sp³-hybridized carbons (Fsp3) is 0.800. The summed E-state index contributed by atoms with van der Waals surface area (Å²) >= 11 is 0. The van der Waals surface area contributed by atoms with Crippen molar-refractivity contribution in [3.63, 3.8) is 0 Å². The van der Waals surface area contributed by atoms with Gasteiger partial charge in [0.15, 0.2) is 0 Å². The van der Waals surface area contributed by atoms with Crippen LogP contribution >= 0.6 is 0 Å². The van der Waals surface area contributed by atoms with Crippen molar-refractivity contribution >= 4 is 39.1 Å². The molecule has 0 aromatic heterocycles. The number of nitrogens with one attached hydrogen (secondary N) is 1.